The molecule has 0 aromatic heterocycles. The second-order valence-corrected chi connectivity index (χ2v) is 11.1. The van der Waals surface area contributed by atoms with Gasteiger partial charge < -0.3 is 5.11 Å². The first-order valence-electron chi connectivity index (χ1n) is 13.1. The number of hydrogen-bond acceptors (Lipinski definition) is 1. The van der Waals surface area contributed by atoms with Gasteiger partial charge in [-0.2, -0.15) is 0 Å². The van der Waals surface area contributed by atoms with E-state index in [0.717, 1.165) is 43.9 Å². The van der Waals surface area contributed by atoms with Gasteiger partial charge in [-0.05, 0) is 80.5 Å². The molecule has 0 spiro atoms. The van der Waals surface area contributed by atoms with Gasteiger partial charge in [-0.3, -0.25) is 0 Å². The summed E-state index contributed by atoms with van der Waals surface area (Å²) >= 11 is 0. The molecule has 31 heavy (non-hydrogen) atoms. The van der Waals surface area contributed by atoms with Crippen LogP contribution in [-0.2, 0) is 0 Å². The van der Waals surface area contributed by atoms with Crippen LogP contribution in [-0.4, -0.2) is 10.7 Å². The Morgan fingerprint density at radius 3 is 2.52 bits per heavy atom. The molecular formula is C30H52O. The van der Waals surface area contributed by atoms with E-state index < -0.39 is 5.60 Å². The average Bonchev–Trinajstić information content (AvgIpc) is 3.04. The fourth-order valence-electron chi connectivity index (χ4n) is 6.21. The molecule has 0 aromatic rings. The van der Waals surface area contributed by atoms with Crippen molar-refractivity contribution in [1.29, 1.82) is 0 Å². The Kier molecular flexibility index (Phi) is 12.9. The third kappa shape index (κ3) is 8.81. The topological polar surface area (TPSA) is 20.2 Å². The van der Waals surface area contributed by atoms with Crippen LogP contribution in [0.4, 0.5) is 0 Å². The lowest BCUT2D eigenvalue weighted by atomic mass is 9.58. The molecule has 0 amide bonds. The summed E-state index contributed by atoms with van der Waals surface area (Å²) in [4.78, 5) is 0. The first-order chi connectivity index (χ1) is 14.7. The highest BCUT2D eigenvalue weighted by molar-refractivity contribution is 5.08. The third-order valence-electron chi connectivity index (χ3n) is 8.00. The van der Waals surface area contributed by atoms with Crippen LogP contribution in [0.15, 0.2) is 24.8 Å². The second kappa shape index (κ2) is 14.2. The van der Waals surface area contributed by atoms with Gasteiger partial charge in [0.2, 0.25) is 0 Å². The van der Waals surface area contributed by atoms with Crippen LogP contribution in [0.3, 0.4) is 0 Å². The van der Waals surface area contributed by atoms with E-state index in [4.69, 9.17) is 6.42 Å². The Morgan fingerprint density at radius 1 is 1.16 bits per heavy atom. The van der Waals surface area contributed by atoms with E-state index in [1.807, 2.05) is 6.08 Å². The molecule has 5 atom stereocenters. The highest BCUT2D eigenvalue weighted by Gasteiger charge is 2.55. The summed E-state index contributed by atoms with van der Waals surface area (Å²) in [6, 6.07) is 0. The van der Waals surface area contributed by atoms with Gasteiger partial charge in [-0.1, -0.05) is 78.5 Å². The standard InChI is InChI=1S/C20H36O.C10H16/c1-5-13-20(21)15-8-14-19(4)17(11-12-18(19)20)10-7-6-9-16(2)3;1-4-6-7-9-10(3)8-5-2/h5,16-18,21H,1,6-15H2,2-4H3;2,6-7,10H,4,8-9H2,1,3H3/b;7-6-/t17?,18?,19-,20?;/m1./s1. The van der Waals surface area contributed by atoms with Crippen molar-refractivity contribution in [2.45, 2.75) is 124 Å². The zero-order valence-electron chi connectivity index (χ0n) is 21.5. The Bertz CT molecular complexity index is 567. The molecule has 2 rings (SSSR count). The number of terminal acetylenes is 1. The van der Waals surface area contributed by atoms with Gasteiger partial charge in [-0.15, -0.1) is 18.9 Å². The predicted molar refractivity (Wildman–Crippen MR) is 138 cm³/mol. The van der Waals surface area contributed by atoms with Crippen LogP contribution < -0.4 is 0 Å². The van der Waals surface area contributed by atoms with Crippen molar-refractivity contribution in [1.82, 2.24) is 0 Å². The van der Waals surface area contributed by atoms with Crippen LogP contribution in [0, 0.1) is 41.4 Å². The summed E-state index contributed by atoms with van der Waals surface area (Å²) < 4.78 is 0. The number of hydrogen-bond donors (Lipinski definition) is 1. The van der Waals surface area contributed by atoms with Gasteiger partial charge in [-0.25, -0.2) is 0 Å². The lowest BCUT2D eigenvalue weighted by molar-refractivity contribution is -0.103. The molecule has 2 saturated carbocycles. The number of aliphatic hydroxyl groups is 1. The fourth-order valence-corrected chi connectivity index (χ4v) is 6.21. The van der Waals surface area contributed by atoms with E-state index in [2.05, 4.69) is 59.3 Å². The van der Waals surface area contributed by atoms with Crippen LogP contribution in [0.2, 0.25) is 0 Å². The van der Waals surface area contributed by atoms with Crippen molar-refractivity contribution in [3.05, 3.63) is 24.8 Å². The molecule has 1 heteroatoms. The minimum atomic E-state index is -0.457. The van der Waals surface area contributed by atoms with Crippen LogP contribution >= 0.6 is 0 Å². The number of fused-ring (bicyclic) bond motifs is 1. The molecule has 1 nitrogen and oxygen atoms in total. The van der Waals surface area contributed by atoms with Gasteiger partial charge in [0.1, 0.15) is 0 Å². The molecule has 0 heterocycles. The van der Waals surface area contributed by atoms with Gasteiger partial charge in [0.05, 0.1) is 5.60 Å². The van der Waals surface area contributed by atoms with Gasteiger partial charge in [0.25, 0.3) is 0 Å². The largest absolute Gasteiger partial charge is 0.389 e. The Balaban J connectivity index is 0.000000407. The lowest BCUT2D eigenvalue weighted by Gasteiger charge is -2.50. The van der Waals surface area contributed by atoms with Crippen molar-refractivity contribution in [3.63, 3.8) is 0 Å². The van der Waals surface area contributed by atoms with Crippen molar-refractivity contribution < 1.29 is 5.11 Å². The van der Waals surface area contributed by atoms with Crippen molar-refractivity contribution in [2.75, 3.05) is 0 Å². The Morgan fingerprint density at radius 2 is 1.90 bits per heavy atom. The van der Waals surface area contributed by atoms with E-state index in [1.54, 1.807) is 0 Å². The molecule has 178 valence electrons. The molecule has 0 aromatic carbocycles. The fraction of sp³-hybridized carbons (Fsp3) is 0.800. The highest BCUT2D eigenvalue weighted by Crippen LogP contribution is 2.60. The summed E-state index contributed by atoms with van der Waals surface area (Å²) in [5.74, 6) is 5.49. The smallest absolute Gasteiger partial charge is 0.0715 e. The summed E-state index contributed by atoms with van der Waals surface area (Å²) in [6.45, 7) is 15.3. The minimum absolute atomic E-state index is 0.383. The molecule has 2 aliphatic carbocycles. The Hall–Kier alpha value is -1.00. The Labute approximate surface area is 195 Å². The van der Waals surface area contributed by atoms with Crippen LogP contribution in [0.25, 0.3) is 0 Å². The van der Waals surface area contributed by atoms with Crippen molar-refractivity contribution in [2.24, 2.45) is 29.1 Å². The molecule has 4 unspecified atom stereocenters. The molecule has 1 N–H and O–H groups in total. The molecule has 0 radical (unpaired) electrons. The van der Waals surface area contributed by atoms with E-state index in [1.165, 1.54) is 51.4 Å². The maximum absolute atomic E-state index is 11.1. The van der Waals surface area contributed by atoms with E-state index in [0.29, 0.717) is 17.3 Å². The SMILES string of the molecule is C#CCC(C)C/C=C\CC.C=CCC1(O)CCC[C@]2(C)C(CCCCC(C)C)CCC12. The third-order valence-corrected chi connectivity index (χ3v) is 8.00. The van der Waals surface area contributed by atoms with E-state index in [9.17, 15) is 5.11 Å². The van der Waals surface area contributed by atoms with Gasteiger partial charge in [0.15, 0.2) is 0 Å². The molecular weight excluding hydrogens is 376 g/mol. The van der Waals surface area contributed by atoms with Crippen LogP contribution in [0.5, 0.6) is 0 Å². The van der Waals surface area contributed by atoms with Crippen molar-refractivity contribution in [3.8, 4) is 12.3 Å². The molecule has 2 aliphatic rings. The predicted octanol–water partition coefficient (Wildman–Crippen LogP) is 8.73. The van der Waals surface area contributed by atoms with Gasteiger partial charge >= 0.3 is 0 Å². The number of allylic oxidation sites excluding steroid dienone is 2. The summed E-state index contributed by atoms with van der Waals surface area (Å²) in [7, 11) is 0. The zero-order valence-corrected chi connectivity index (χ0v) is 21.5. The molecule has 0 aliphatic heterocycles. The average molecular weight is 429 g/mol. The maximum Gasteiger partial charge on any atom is 0.0715 e. The minimum Gasteiger partial charge on any atom is -0.389 e. The molecule has 0 saturated heterocycles. The number of unbranched alkanes of at least 4 members (excludes halogenated alkanes) is 1. The summed E-state index contributed by atoms with van der Waals surface area (Å²) in [5.41, 5.74) is -0.0741. The first-order valence-corrected chi connectivity index (χ1v) is 13.1. The highest BCUT2D eigenvalue weighted by atomic mass is 16.3. The number of rotatable bonds is 11. The normalized spacial score (nSPS) is 31.0. The van der Waals surface area contributed by atoms with Gasteiger partial charge in [0, 0.05) is 6.42 Å². The first kappa shape index (κ1) is 28.0. The molecule has 0 bridgehead atoms. The zero-order chi connectivity index (χ0) is 23.3. The maximum atomic E-state index is 11.1. The van der Waals surface area contributed by atoms with E-state index >= 15 is 0 Å². The quantitative estimate of drug-likeness (QED) is 0.198. The summed E-state index contributed by atoms with van der Waals surface area (Å²) in [6.07, 6.45) is 27.0. The lowest BCUT2D eigenvalue weighted by Crippen LogP contribution is -2.49. The van der Waals surface area contributed by atoms with E-state index in [-0.39, 0.29) is 0 Å². The summed E-state index contributed by atoms with van der Waals surface area (Å²) in [5, 5.41) is 11.1. The van der Waals surface area contributed by atoms with Crippen molar-refractivity contribution >= 4 is 0 Å². The molecule has 2 fully saturated rings. The van der Waals surface area contributed by atoms with Crippen LogP contribution in [0.1, 0.15) is 118 Å². The second-order valence-electron chi connectivity index (χ2n) is 11.1. The monoisotopic (exact) mass is 428 g/mol.